The van der Waals surface area contributed by atoms with Gasteiger partial charge in [-0.2, -0.15) is 0 Å². The third-order valence-corrected chi connectivity index (χ3v) is 12.3. The molecule has 6 nitrogen and oxygen atoms in total. The zero-order chi connectivity index (χ0) is 45.8. The maximum absolute atomic E-state index is 12.5. The lowest BCUT2D eigenvalue weighted by molar-refractivity contribution is -0.143. The number of ether oxygens (including phenoxy) is 1. The number of amides is 1. The van der Waals surface area contributed by atoms with Crippen LogP contribution in [0.5, 0.6) is 0 Å². The van der Waals surface area contributed by atoms with Gasteiger partial charge in [0.05, 0.1) is 25.4 Å². The van der Waals surface area contributed by atoms with E-state index in [2.05, 4.69) is 55.6 Å². The molecule has 0 aliphatic carbocycles. The Labute approximate surface area is 391 Å². The number of carbonyl (C=O) groups is 2. The van der Waals surface area contributed by atoms with E-state index in [1.54, 1.807) is 6.08 Å². The fourth-order valence-corrected chi connectivity index (χ4v) is 8.08. The Hall–Kier alpha value is -2.18. The summed E-state index contributed by atoms with van der Waals surface area (Å²) in [6, 6.07) is -0.649. The second kappa shape index (κ2) is 52.4. The highest BCUT2D eigenvalue weighted by atomic mass is 16.5. The lowest BCUT2D eigenvalue weighted by Gasteiger charge is -2.20. The fraction of sp³-hybridized carbons (Fsp3) is 0.825. The second-order valence-corrected chi connectivity index (χ2v) is 18.5. The van der Waals surface area contributed by atoms with Crippen LogP contribution in [0, 0.1) is 0 Å². The van der Waals surface area contributed by atoms with Crippen molar-refractivity contribution in [2.24, 2.45) is 0 Å². The van der Waals surface area contributed by atoms with E-state index in [-0.39, 0.29) is 18.5 Å². The Bertz CT molecular complexity index is 1070. The zero-order valence-electron chi connectivity index (χ0n) is 41.8. The monoisotopic (exact) mass is 884 g/mol. The van der Waals surface area contributed by atoms with Crippen LogP contribution >= 0.6 is 0 Å². The molecule has 3 N–H and O–H groups in total. The normalized spacial score (nSPS) is 13.0. The van der Waals surface area contributed by atoms with Crippen LogP contribution in [-0.4, -0.2) is 47.4 Å². The molecule has 1 amide bonds. The van der Waals surface area contributed by atoms with Gasteiger partial charge in [0.1, 0.15) is 0 Å². The summed E-state index contributed by atoms with van der Waals surface area (Å²) in [6.07, 6.45) is 65.5. The highest BCUT2D eigenvalue weighted by molar-refractivity contribution is 5.76. The van der Waals surface area contributed by atoms with Crippen molar-refractivity contribution < 1.29 is 24.5 Å². The number of esters is 1. The lowest BCUT2D eigenvalue weighted by Crippen LogP contribution is -2.45. The standard InChI is InChI=1S/C57H105NO5/c1-3-5-7-9-11-13-15-17-18-19-20-21-22-23-24-26-29-33-37-41-45-49-55(60)54(53-59)58-56(61)50-46-42-38-34-30-27-28-32-36-40-44-48-52-63-57(62)51-47-43-39-35-31-25-16-14-12-10-8-6-4-2/h8,10,14,16,28,32,45,49,54-55,59-60H,3-7,9,11-13,15,17-27,29-31,33-44,46-48,50-53H2,1-2H3,(H,58,61)/b10-8-,16-14-,32-28-,49-45+. The Morgan fingerprint density at radius 3 is 1.29 bits per heavy atom. The first-order valence-electron chi connectivity index (χ1n) is 27.4. The number of hydrogen-bond acceptors (Lipinski definition) is 5. The quantitative estimate of drug-likeness (QED) is 0.0321. The van der Waals surface area contributed by atoms with Gasteiger partial charge in [-0.3, -0.25) is 9.59 Å². The number of aliphatic hydroxyl groups excluding tert-OH is 2. The van der Waals surface area contributed by atoms with Crippen LogP contribution in [0.1, 0.15) is 277 Å². The molecule has 0 aliphatic rings. The van der Waals surface area contributed by atoms with E-state index in [1.165, 1.54) is 148 Å². The van der Waals surface area contributed by atoms with E-state index in [0.29, 0.717) is 19.4 Å². The zero-order valence-corrected chi connectivity index (χ0v) is 41.8. The molecule has 0 aliphatic heterocycles. The number of nitrogens with one attached hydrogen (secondary N) is 1. The summed E-state index contributed by atoms with van der Waals surface area (Å²) in [6.45, 7) is 4.77. The molecule has 0 aromatic heterocycles. The smallest absolute Gasteiger partial charge is 0.305 e. The third-order valence-electron chi connectivity index (χ3n) is 12.3. The fourth-order valence-electron chi connectivity index (χ4n) is 8.08. The molecule has 0 spiro atoms. The van der Waals surface area contributed by atoms with Crippen molar-refractivity contribution in [3.63, 3.8) is 0 Å². The Balaban J connectivity index is 3.56. The molecule has 0 aromatic carbocycles. The molecular formula is C57H105NO5. The molecule has 0 radical (unpaired) electrons. The summed E-state index contributed by atoms with van der Waals surface area (Å²) in [5, 5.41) is 23.1. The second-order valence-electron chi connectivity index (χ2n) is 18.5. The van der Waals surface area contributed by atoms with Crippen LogP contribution in [0.2, 0.25) is 0 Å². The molecule has 2 atom stereocenters. The van der Waals surface area contributed by atoms with Gasteiger partial charge in [0.25, 0.3) is 0 Å². The molecule has 0 aromatic rings. The van der Waals surface area contributed by atoms with Crippen molar-refractivity contribution in [1.29, 1.82) is 0 Å². The van der Waals surface area contributed by atoms with E-state index in [4.69, 9.17) is 4.74 Å². The molecule has 2 unspecified atom stereocenters. The van der Waals surface area contributed by atoms with Gasteiger partial charge in [-0.25, -0.2) is 0 Å². The number of rotatable bonds is 50. The van der Waals surface area contributed by atoms with Gasteiger partial charge in [0, 0.05) is 12.8 Å². The third kappa shape index (κ3) is 49.1. The van der Waals surface area contributed by atoms with Crippen LogP contribution in [0.3, 0.4) is 0 Å². The lowest BCUT2D eigenvalue weighted by atomic mass is 10.0. The van der Waals surface area contributed by atoms with E-state index < -0.39 is 12.1 Å². The average molecular weight is 884 g/mol. The van der Waals surface area contributed by atoms with Crippen LogP contribution in [0.4, 0.5) is 0 Å². The number of unbranched alkanes of at least 4 members (excludes halogenated alkanes) is 33. The van der Waals surface area contributed by atoms with Gasteiger partial charge >= 0.3 is 5.97 Å². The van der Waals surface area contributed by atoms with E-state index in [0.717, 1.165) is 103 Å². The average Bonchev–Trinajstić information content (AvgIpc) is 3.28. The number of allylic oxidation sites excluding steroid dienone is 7. The summed E-state index contributed by atoms with van der Waals surface area (Å²) < 4.78 is 5.43. The molecule has 0 saturated heterocycles. The predicted molar refractivity (Wildman–Crippen MR) is 273 cm³/mol. The predicted octanol–water partition coefficient (Wildman–Crippen LogP) is 16.6. The molecule has 0 heterocycles. The summed E-state index contributed by atoms with van der Waals surface area (Å²) in [5.74, 6) is -0.134. The molecule has 0 saturated carbocycles. The molecule has 0 fully saturated rings. The minimum absolute atomic E-state index is 0.0401. The molecule has 368 valence electrons. The highest BCUT2D eigenvalue weighted by Crippen LogP contribution is 2.16. The van der Waals surface area contributed by atoms with Gasteiger partial charge in [-0.05, 0) is 89.9 Å². The first kappa shape index (κ1) is 60.8. The molecule has 0 bridgehead atoms. The Morgan fingerprint density at radius 2 is 0.825 bits per heavy atom. The summed E-state index contributed by atoms with van der Waals surface area (Å²) in [7, 11) is 0. The van der Waals surface area contributed by atoms with Crippen molar-refractivity contribution in [2.75, 3.05) is 13.2 Å². The highest BCUT2D eigenvalue weighted by Gasteiger charge is 2.18. The minimum atomic E-state index is -0.863. The SMILES string of the molecule is CCC/C=C\C/C=C\CCCCCCCC(=O)OCCCCC/C=C\CCCCCCCC(=O)NC(CO)C(O)/C=C/CCCCCCCCCCCCCCCCCCCCC. The number of hydrogen-bond donors (Lipinski definition) is 3. The molecule has 63 heavy (non-hydrogen) atoms. The number of aliphatic hydroxyl groups is 2. The Kier molecular flexibility index (Phi) is 50.6. The van der Waals surface area contributed by atoms with Crippen molar-refractivity contribution in [3.05, 3.63) is 48.6 Å². The van der Waals surface area contributed by atoms with Crippen molar-refractivity contribution in [2.45, 2.75) is 289 Å². The largest absolute Gasteiger partial charge is 0.466 e. The summed E-state index contributed by atoms with van der Waals surface area (Å²) in [4.78, 5) is 24.5. The summed E-state index contributed by atoms with van der Waals surface area (Å²) in [5.41, 5.74) is 0. The van der Waals surface area contributed by atoms with Gasteiger partial charge < -0.3 is 20.3 Å². The summed E-state index contributed by atoms with van der Waals surface area (Å²) >= 11 is 0. The van der Waals surface area contributed by atoms with Gasteiger partial charge in [-0.15, -0.1) is 0 Å². The van der Waals surface area contributed by atoms with Crippen molar-refractivity contribution in [3.8, 4) is 0 Å². The van der Waals surface area contributed by atoms with E-state index in [1.807, 2.05) is 6.08 Å². The topological polar surface area (TPSA) is 95.9 Å². The van der Waals surface area contributed by atoms with E-state index >= 15 is 0 Å². The van der Waals surface area contributed by atoms with Crippen LogP contribution in [0.25, 0.3) is 0 Å². The molecular weight excluding hydrogens is 779 g/mol. The minimum Gasteiger partial charge on any atom is -0.466 e. The Morgan fingerprint density at radius 1 is 0.444 bits per heavy atom. The first-order valence-corrected chi connectivity index (χ1v) is 27.4. The molecule has 0 rings (SSSR count). The van der Waals surface area contributed by atoms with E-state index in [9.17, 15) is 19.8 Å². The van der Waals surface area contributed by atoms with Crippen LogP contribution in [-0.2, 0) is 14.3 Å². The van der Waals surface area contributed by atoms with Crippen molar-refractivity contribution >= 4 is 11.9 Å². The van der Waals surface area contributed by atoms with Gasteiger partial charge in [0.2, 0.25) is 5.91 Å². The van der Waals surface area contributed by atoms with Gasteiger partial charge in [0.15, 0.2) is 0 Å². The maximum Gasteiger partial charge on any atom is 0.305 e. The van der Waals surface area contributed by atoms with Gasteiger partial charge in [-0.1, -0.05) is 223 Å². The molecule has 6 heteroatoms. The van der Waals surface area contributed by atoms with Crippen LogP contribution < -0.4 is 5.32 Å². The van der Waals surface area contributed by atoms with Crippen molar-refractivity contribution in [1.82, 2.24) is 5.32 Å². The maximum atomic E-state index is 12.5. The number of carbonyl (C=O) groups excluding carboxylic acids is 2. The van der Waals surface area contributed by atoms with Crippen LogP contribution in [0.15, 0.2) is 48.6 Å². The first-order chi connectivity index (χ1) is 31.0.